The third-order valence-electron chi connectivity index (χ3n) is 3.67. The van der Waals surface area contributed by atoms with Crippen molar-refractivity contribution in [3.8, 4) is 5.75 Å². The van der Waals surface area contributed by atoms with Gasteiger partial charge in [-0.2, -0.15) is 0 Å². The number of hydrogen-bond donors (Lipinski definition) is 1. The standard InChI is InChI=1S/C14H20N2O2/c1-10(17)16-7-5-11(6-8-16)12-3-4-13(15)14(9-12)18-2/h3-4,9,11H,5-8,15H2,1-2H3. The van der Waals surface area contributed by atoms with Gasteiger partial charge in [0, 0.05) is 20.0 Å². The summed E-state index contributed by atoms with van der Waals surface area (Å²) in [4.78, 5) is 13.2. The van der Waals surface area contributed by atoms with Crippen molar-refractivity contribution in [3.05, 3.63) is 23.8 Å². The van der Waals surface area contributed by atoms with Crippen molar-refractivity contribution in [2.24, 2.45) is 0 Å². The summed E-state index contributed by atoms with van der Waals surface area (Å²) in [6.07, 6.45) is 2.01. The number of hydrogen-bond acceptors (Lipinski definition) is 3. The summed E-state index contributed by atoms with van der Waals surface area (Å²) in [5, 5.41) is 0. The van der Waals surface area contributed by atoms with Gasteiger partial charge in [0.05, 0.1) is 12.8 Å². The second kappa shape index (κ2) is 5.29. The number of amides is 1. The quantitative estimate of drug-likeness (QED) is 0.814. The highest BCUT2D eigenvalue weighted by Crippen LogP contribution is 2.32. The molecule has 0 spiro atoms. The molecule has 2 N–H and O–H groups in total. The molecule has 1 aliphatic rings. The normalized spacial score (nSPS) is 16.7. The van der Waals surface area contributed by atoms with Gasteiger partial charge in [-0.25, -0.2) is 0 Å². The lowest BCUT2D eigenvalue weighted by Gasteiger charge is -2.31. The zero-order valence-electron chi connectivity index (χ0n) is 11.0. The number of nitrogen functional groups attached to an aromatic ring is 1. The lowest BCUT2D eigenvalue weighted by atomic mass is 9.89. The molecule has 0 aromatic heterocycles. The molecular formula is C14H20N2O2. The van der Waals surface area contributed by atoms with E-state index in [-0.39, 0.29) is 5.91 Å². The molecule has 4 heteroatoms. The van der Waals surface area contributed by atoms with Gasteiger partial charge < -0.3 is 15.4 Å². The molecule has 4 nitrogen and oxygen atoms in total. The van der Waals surface area contributed by atoms with E-state index in [2.05, 4.69) is 6.07 Å². The van der Waals surface area contributed by atoms with Gasteiger partial charge in [-0.05, 0) is 36.5 Å². The molecule has 0 bridgehead atoms. The highest BCUT2D eigenvalue weighted by Gasteiger charge is 2.22. The number of nitrogens with zero attached hydrogens (tertiary/aromatic N) is 1. The number of nitrogens with two attached hydrogens (primary N) is 1. The molecule has 2 rings (SSSR count). The number of likely N-dealkylation sites (tertiary alicyclic amines) is 1. The van der Waals surface area contributed by atoms with E-state index in [0.717, 1.165) is 31.7 Å². The second-order valence-corrected chi connectivity index (χ2v) is 4.78. The fourth-order valence-corrected chi connectivity index (χ4v) is 2.51. The molecule has 18 heavy (non-hydrogen) atoms. The van der Waals surface area contributed by atoms with Gasteiger partial charge in [-0.1, -0.05) is 6.07 Å². The van der Waals surface area contributed by atoms with Gasteiger partial charge in [-0.3, -0.25) is 4.79 Å². The lowest BCUT2D eigenvalue weighted by Crippen LogP contribution is -2.36. The Bertz CT molecular complexity index is 437. The van der Waals surface area contributed by atoms with E-state index in [4.69, 9.17) is 10.5 Å². The van der Waals surface area contributed by atoms with E-state index in [1.165, 1.54) is 5.56 Å². The van der Waals surface area contributed by atoms with E-state index in [1.807, 2.05) is 17.0 Å². The highest BCUT2D eigenvalue weighted by molar-refractivity contribution is 5.73. The summed E-state index contributed by atoms with van der Waals surface area (Å²) < 4.78 is 5.25. The molecule has 0 unspecified atom stereocenters. The third kappa shape index (κ3) is 2.58. The van der Waals surface area contributed by atoms with Crippen molar-refractivity contribution in [1.29, 1.82) is 0 Å². The van der Waals surface area contributed by atoms with Gasteiger partial charge in [0.1, 0.15) is 5.75 Å². The minimum atomic E-state index is 0.170. The minimum Gasteiger partial charge on any atom is -0.495 e. The Morgan fingerprint density at radius 2 is 2.06 bits per heavy atom. The van der Waals surface area contributed by atoms with Crippen LogP contribution in [0, 0.1) is 0 Å². The average Bonchev–Trinajstić information content (AvgIpc) is 2.39. The Morgan fingerprint density at radius 3 is 2.61 bits per heavy atom. The number of carbonyl (C=O) groups excluding carboxylic acids is 1. The van der Waals surface area contributed by atoms with E-state index in [0.29, 0.717) is 11.6 Å². The SMILES string of the molecule is COc1cc(C2CCN(C(C)=O)CC2)ccc1N. The summed E-state index contributed by atoms with van der Waals surface area (Å²) in [6, 6.07) is 5.97. The van der Waals surface area contributed by atoms with Crippen LogP contribution >= 0.6 is 0 Å². The first kappa shape index (κ1) is 12.7. The summed E-state index contributed by atoms with van der Waals surface area (Å²) >= 11 is 0. The maximum absolute atomic E-state index is 11.3. The minimum absolute atomic E-state index is 0.170. The van der Waals surface area contributed by atoms with E-state index in [1.54, 1.807) is 14.0 Å². The zero-order valence-corrected chi connectivity index (χ0v) is 11.0. The monoisotopic (exact) mass is 248 g/mol. The number of benzene rings is 1. The van der Waals surface area contributed by atoms with Crippen LogP contribution in [0.25, 0.3) is 0 Å². The molecule has 1 aliphatic heterocycles. The van der Waals surface area contributed by atoms with Crippen LogP contribution < -0.4 is 10.5 Å². The molecule has 0 aliphatic carbocycles. The smallest absolute Gasteiger partial charge is 0.219 e. The fraction of sp³-hybridized carbons (Fsp3) is 0.500. The third-order valence-corrected chi connectivity index (χ3v) is 3.67. The van der Waals surface area contributed by atoms with Gasteiger partial charge in [-0.15, -0.1) is 0 Å². The van der Waals surface area contributed by atoms with E-state index in [9.17, 15) is 4.79 Å². The molecule has 1 saturated heterocycles. The Morgan fingerprint density at radius 1 is 1.39 bits per heavy atom. The van der Waals surface area contributed by atoms with Crippen LogP contribution in [0.5, 0.6) is 5.75 Å². The first-order valence-corrected chi connectivity index (χ1v) is 6.30. The zero-order chi connectivity index (χ0) is 13.1. The van der Waals surface area contributed by atoms with Crippen LogP contribution in [-0.4, -0.2) is 31.0 Å². The average molecular weight is 248 g/mol. The predicted molar refractivity (Wildman–Crippen MR) is 71.6 cm³/mol. The molecule has 0 radical (unpaired) electrons. The summed E-state index contributed by atoms with van der Waals surface area (Å²) in [6.45, 7) is 3.31. The Hall–Kier alpha value is -1.71. The Balaban J connectivity index is 2.07. The second-order valence-electron chi connectivity index (χ2n) is 4.78. The van der Waals surface area contributed by atoms with Crippen molar-refractivity contribution in [3.63, 3.8) is 0 Å². The molecule has 1 fully saturated rings. The van der Waals surface area contributed by atoms with Crippen molar-refractivity contribution in [2.75, 3.05) is 25.9 Å². The summed E-state index contributed by atoms with van der Waals surface area (Å²) in [5.74, 6) is 1.40. The number of ether oxygens (including phenoxy) is 1. The first-order valence-electron chi connectivity index (χ1n) is 6.30. The predicted octanol–water partition coefficient (Wildman–Crippen LogP) is 2.00. The van der Waals surface area contributed by atoms with Crippen molar-refractivity contribution in [2.45, 2.75) is 25.7 Å². The molecule has 1 heterocycles. The van der Waals surface area contributed by atoms with Crippen molar-refractivity contribution < 1.29 is 9.53 Å². The van der Waals surface area contributed by atoms with E-state index < -0.39 is 0 Å². The van der Waals surface area contributed by atoms with Gasteiger partial charge >= 0.3 is 0 Å². The van der Waals surface area contributed by atoms with Crippen LogP contribution in [0.3, 0.4) is 0 Å². The maximum Gasteiger partial charge on any atom is 0.219 e. The lowest BCUT2D eigenvalue weighted by molar-refractivity contribution is -0.129. The van der Waals surface area contributed by atoms with Gasteiger partial charge in [0.25, 0.3) is 0 Å². The van der Waals surface area contributed by atoms with Crippen LogP contribution in [0.4, 0.5) is 5.69 Å². The maximum atomic E-state index is 11.3. The van der Waals surface area contributed by atoms with Crippen LogP contribution in [0.2, 0.25) is 0 Å². The number of piperidine rings is 1. The van der Waals surface area contributed by atoms with Crippen molar-refractivity contribution in [1.82, 2.24) is 4.90 Å². The van der Waals surface area contributed by atoms with Crippen LogP contribution in [0.15, 0.2) is 18.2 Å². The van der Waals surface area contributed by atoms with Crippen molar-refractivity contribution >= 4 is 11.6 Å². The topological polar surface area (TPSA) is 55.6 Å². The first-order chi connectivity index (χ1) is 8.61. The molecular weight excluding hydrogens is 228 g/mol. The number of carbonyl (C=O) groups is 1. The fourth-order valence-electron chi connectivity index (χ4n) is 2.51. The number of rotatable bonds is 2. The number of anilines is 1. The van der Waals surface area contributed by atoms with Crippen LogP contribution in [0.1, 0.15) is 31.2 Å². The van der Waals surface area contributed by atoms with Gasteiger partial charge in [0.15, 0.2) is 0 Å². The molecule has 1 aromatic carbocycles. The molecule has 1 amide bonds. The van der Waals surface area contributed by atoms with Crippen LogP contribution in [-0.2, 0) is 4.79 Å². The number of methoxy groups -OCH3 is 1. The van der Waals surface area contributed by atoms with E-state index >= 15 is 0 Å². The largest absolute Gasteiger partial charge is 0.495 e. The molecule has 0 saturated carbocycles. The highest BCUT2D eigenvalue weighted by atomic mass is 16.5. The Kier molecular flexibility index (Phi) is 3.75. The summed E-state index contributed by atoms with van der Waals surface area (Å²) in [5.41, 5.74) is 7.74. The molecule has 98 valence electrons. The van der Waals surface area contributed by atoms with Gasteiger partial charge in [0.2, 0.25) is 5.91 Å². The molecule has 0 atom stereocenters. The summed E-state index contributed by atoms with van der Waals surface area (Å²) in [7, 11) is 1.63. The Labute approximate surface area is 108 Å². The molecule has 1 aromatic rings.